The molecule has 0 radical (unpaired) electrons. The van der Waals surface area contributed by atoms with E-state index in [1.165, 1.54) is 0 Å². The third kappa shape index (κ3) is 7.66. The van der Waals surface area contributed by atoms with Crippen molar-refractivity contribution in [3.05, 3.63) is 63.6 Å². The molecule has 0 fully saturated rings. The van der Waals surface area contributed by atoms with Gasteiger partial charge in [-0.2, -0.15) is 11.8 Å². The van der Waals surface area contributed by atoms with E-state index >= 15 is 0 Å². The molecule has 1 amide bonds. The van der Waals surface area contributed by atoms with Crippen molar-refractivity contribution in [1.82, 2.24) is 5.32 Å². The van der Waals surface area contributed by atoms with Crippen LogP contribution in [0.25, 0.3) is 0 Å². The molecule has 2 aromatic rings. The van der Waals surface area contributed by atoms with E-state index in [0.717, 1.165) is 43.5 Å². The second kappa shape index (κ2) is 11.1. The zero-order chi connectivity index (χ0) is 20.6. The highest BCUT2D eigenvalue weighted by Crippen LogP contribution is 2.21. The van der Waals surface area contributed by atoms with Crippen molar-refractivity contribution in [2.75, 3.05) is 29.4 Å². The lowest BCUT2D eigenvalue weighted by Crippen LogP contribution is -2.40. The Morgan fingerprint density at radius 1 is 1.18 bits per heavy atom. The van der Waals surface area contributed by atoms with Gasteiger partial charge in [-0.3, -0.25) is 9.10 Å². The molecule has 1 N–H and O–H groups in total. The zero-order valence-corrected chi connectivity index (χ0v) is 19.4. The van der Waals surface area contributed by atoms with E-state index in [1.807, 2.05) is 24.3 Å². The molecule has 0 saturated heterocycles. The van der Waals surface area contributed by atoms with Crippen molar-refractivity contribution < 1.29 is 13.2 Å². The number of sulfonamides is 1. The molecule has 0 aliphatic rings. The van der Waals surface area contributed by atoms with Gasteiger partial charge in [0.05, 0.1) is 11.9 Å². The lowest BCUT2D eigenvalue weighted by Gasteiger charge is -2.22. The maximum Gasteiger partial charge on any atom is 0.240 e. The SMILES string of the molecule is CS(=O)(=O)N(CC(=O)NCCCSCc1ccccc1Cl)c1ccc(Br)cc1. The van der Waals surface area contributed by atoms with Gasteiger partial charge in [-0.1, -0.05) is 45.7 Å². The summed E-state index contributed by atoms with van der Waals surface area (Å²) in [5, 5.41) is 3.54. The van der Waals surface area contributed by atoms with Crippen LogP contribution >= 0.6 is 39.3 Å². The Hall–Kier alpha value is -1.22. The molecule has 0 spiro atoms. The number of benzene rings is 2. The van der Waals surface area contributed by atoms with E-state index in [0.29, 0.717) is 12.2 Å². The van der Waals surface area contributed by atoms with Gasteiger partial charge in [0.15, 0.2) is 0 Å². The van der Waals surface area contributed by atoms with E-state index < -0.39 is 10.0 Å². The zero-order valence-electron chi connectivity index (χ0n) is 15.4. The quantitative estimate of drug-likeness (QED) is 0.489. The number of nitrogens with one attached hydrogen (secondary N) is 1. The molecule has 0 aliphatic heterocycles. The normalized spacial score (nSPS) is 11.2. The summed E-state index contributed by atoms with van der Waals surface area (Å²) in [6.45, 7) is 0.250. The van der Waals surface area contributed by atoms with Crippen LogP contribution in [0.2, 0.25) is 5.02 Å². The predicted molar refractivity (Wildman–Crippen MR) is 122 cm³/mol. The van der Waals surface area contributed by atoms with Crippen LogP contribution in [-0.2, 0) is 20.6 Å². The molecule has 28 heavy (non-hydrogen) atoms. The largest absolute Gasteiger partial charge is 0.354 e. The number of amides is 1. The molecule has 0 atom stereocenters. The summed E-state index contributed by atoms with van der Waals surface area (Å²) in [4.78, 5) is 12.2. The number of hydrogen-bond donors (Lipinski definition) is 1. The standard InChI is InChI=1S/C19H22BrClN2O3S2/c1-28(25,26)23(17-9-7-16(20)8-10-17)13-19(24)22-11-4-12-27-14-15-5-2-3-6-18(15)21/h2-3,5-10H,4,11-14H2,1H3,(H,22,24). The average Bonchev–Trinajstić information content (AvgIpc) is 2.64. The molecule has 0 saturated carbocycles. The van der Waals surface area contributed by atoms with Gasteiger partial charge in [0.1, 0.15) is 6.54 Å². The molecule has 5 nitrogen and oxygen atoms in total. The molecule has 0 unspecified atom stereocenters. The van der Waals surface area contributed by atoms with Crippen molar-refractivity contribution in [3.8, 4) is 0 Å². The Bertz CT molecular complexity index is 892. The van der Waals surface area contributed by atoms with Gasteiger partial charge in [0.2, 0.25) is 15.9 Å². The number of thioether (sulfide) groups is 1. The first-order chi connectivity index (χ1) is 13.3. The summed E-state index contributed by atoms with van der Waals surface area (Å²) in [6.07, 6.45) is 1.88. The first kappa shape index (κ1) is 23.1. The van der Waals surface area contributed by atoms with Gasteiger partial charge in [-0.05, 0) is 48.1 Å². The Morgan fingerprint density at radius 3 is 2.50 bits per heavy atom. The molecular weight excluding hydrogens is 484 g/mol. The van der Waals surface area contributed by atoms with Crippen molar-refractivity contribution in [3.63, 3.8) is 0 Å². The van der Waals surface area contributed by atoms with Gasteiger partial charge in [-0.25, -0.2) is 8.42 Å². The summed E-state index contributed by atoms with van der Waals surface area (Å²) in [5.41, 5.74) is 1.55. The van der Waals surface area contributed by atoms with Gasteiger partial charge < -0.3 is 5.32 Å². The van der Waals surface area contributed by atoms with Crippen LogP contribution in [0.4, 0.5) is 5.69 Å². The number of carbonyl (C=O) groups excluding carboxylic acids is 1. The molecule has 9 heteroatoms. The molecule has 0 aromatic heterocycles. The van der Waals surface area contributed by atoms with Gasteiger partial charge in [-0.15, -0.1) is 0 Å². The van der Waals surface area contributed by atoms with Crippen LogP contribution < -0.4 is 9.62 Å². The second-order valence-electron chi connectivity index (χ2n) is 6.09. The topological polar surface area (TPSA) is 66.5 Å². The molecule has 0 heterocycles. The van der Waals surface area contributed by atoms with E-state index in [4.69, 9.17) is 11.6 Å². The van der Waals surface area contributed by atoms with Crippen LogP contribution in [0.3, 0.4) is 0 Å². The number of halogens is 2. The number of hydrogen-bond acceptors (Lipinski definition) is 4. The lowest BCUT2D eigenvalue weighted by atomic mass is 10.2. The van der Waals surface area contributed by atoms with Gasteiger partial charge in [0.25, 0.3) is 0 Å². The molecule has 0 aliphatic carbocycles. The smallest absolute Gasteiger partial charge is 0.240 e. The van der Waals surface area contributed by atoms with Crippen LogP contribution in [-0.4, -0.2) is 39.4 Å². The monoisotopic (exact) mass is 504 g/mol. The Kier molecular flexibility index (Phi) is 9.14. The first-order valence-corrected chi connectivity index (χ1v) is 12.8. The maximum atomic E-state index is 12.2. The molecular formula is C19H22BrClN2O3S2. The van der Waals surface area contributed by atoms with Gasteiger partial charge >= 0.3 is 0 Å². The third-order valence-corrected chi connectivity index (χ3v) is 6.94. The minimum absolute atomic E-state index is 0.243. The lowest BCUT2D eigenvalue weighted by molar-refractivity contribution is -0.119. The predicted octanol–water partition coefficient (Wildman–Crippen LogP) is 4.31. The van der Waals surface area contributed by atoms with Crippen LogP contribution in [0.15, 0.2) is 53.0 Å². The fraction of sp³-hybridized carbons (Fsp3) is 0.316. The van der Waals surface area contributed by atoms with Crippen molar-refractivity contribution in [2.45, 2.75) is 12.2 Å². The second-order valence-corrected chi connectivity index (χ2v) is 10.4. The molecule has 2 aromatic carbocycles. The van der Waals surface area contributed by atoms with E-state index in [9.17, 15) is 13.2 Å². The summed E-state index contributed by atoms with van der Waals surface area (Å²) in [5.74, 6) is 1.36. The van der Waals surface area contributed by atoms with Crippen LogP contribution in [0.1, 0.15) is 12.0 Å². The summed E-state index contributed by atoms with van der Waals surface area (Å²) < 4.78 is 26.0. The Labute approximate surface area is 184 Å². The van der Waals surface area contributed by atoms with Crippen molar-refractivity contribution >= 4 is 60.9 Å². The number of carbonyl (C=O) groups is 1. The summed E-state index contributed by atoms with van der Waals surface area (Å²) in [6, 6.07) is 14.5. The number of anilines is 1. The highest BCUT2D eigenvalue weighted by molar-refractivity contribution is 9.10. The minimum Gasteiger partial charge on any atom is -0.354 e. The summed E-state index contributed by atoms with van der Waals surface area (Å²) in [7, 11) is -3.56. The highest BCUT2D eigenvalue weighted by Gasteiger charge is 2.20. The number of nitrogens with zero attached hydrogens (tertiary/aromatic N) is 1. The van der Waals surface area contributed by atoms with E-state index in [2.05, 4.69) is 21.2 Å². The van der Waals surface area contributed by atoms with Crippen LogP contribution in [0.5, 0.6) is 0 Å². The summed E-state index contributed by atoms with van der Waals surface area (Å²) >= 11 is 11.2. The fourth-order valence-electron chi connectivity index (χ4n) is 2.39. The number of rotatable bonds is 10. The maximum absolute atomic E-state index is 12.2. The highest BCUT2D eigenvalue weighted by atomic mass is 79.9. The molecule has 2 rings (SSSR count). The van der Waals surface area contributed by atoms with Crippen molar-refractivity contribution in [1.29, 1.82) is 0 Å². The molecule has 0 bridgehead atoms. The Morgan fingerprint density at radius 2 is 1.86 bits per heavy atom. The third-order valence-electron chi connectivity index (χ3n) is 3.81. The fourth-order valence-corrected chi connectivity index (χ4v) is 4.76. The minimum atomic E-state index is -3.56. The van der Waals surface area contributed by atoms with E-state index in [1.54, 1.807) is 36.0 Å². The van der Waals surface area contributed by atoms with E-state index in [-0.39, 0.29) is 12.5 Å². The molecule has 152 valence electrons. The average molecular weight is 506 g/mol. The van der Waals surface area contributed by atoms with Crippen LogP contribution in [0, 0.1) is 0 Å². The first-order valence-electron chi connectivity index (χ1n) is 8.58. The van der Waals surface area contributed by atoms with Gasteiger partial charge in [0, 0.05) is 21.8 Å². The Balaban J connectivity index is 1.75. The van der Waals surface area contributed by atoms with Crippen molar-refractivity contribution in [2.24, 2.45) is 0 Å².